The Labute approximate surface area is 164 Å². The van der Waals surface area contributed by atoms with Gasteiger partial charge < -0.3 is 9.64 Å². The largest absolute Gasteiger partial charge is 0.377 e. The zero-order chi connectivity index (χ0) is 18.9. The number of hydrogen-bond acceptors (Lipinski definition) is 5. The topological polar surface area (TPSA) is 71.9 Å². The van der Waals surface area contributed by atoms with E-state index in [1.54, 1.807) is 6.20 Å². The van der Waals surface area contributed by atoms with E-state index < -0.39 is 0 Å². The number of pyridine rings is 1. The summed E-state index contributed by atoms with van der Waals surface area (Å²) in [6, 6.07) is 16.8. The number of ether oxygens (including phenoxy) is 1. The second-order valence-electron chi connectivity index (χ2n) is 7.12. The molecule has 0 bridgehead atoms. The zero-order valence-corrected chi connectivity index (χ0v) is 15.7. The fourth-order valence-corrected chi connectivity index (χ4v) is 3.72. The van der Waals surface area contributed by atoms with Crippen LogP contribution in [-0.4, -0.2) is 50.8 Å². The molecule has 1 aliphatic heterocycles. The van der Waals surface area contributed by atoms with Gasteiger partial charge in [0.25, 0.3) is 0 Å². The summed E-state index contributed by atoms with van der Waals surface area (Å²) < 4.78 is 7.59. The number of nitrogens with one attached hydrogen (secondary N) is 1. The highest BCUT2D eigenvalue weighted by Crippen LogP contribution is 2.29. The van der Waals surface area contributed by atoms with Gasteiger partial charge in [-0.15, -0.1) is 0 Å². The lowest BCUT2D eigenvalue weighted by Gasteiger charge is -2.34. The van der Waals surface area contributed by atoms with Crippen molar-refractivity contribution in [1.29, 1.82) is 0 Å². The predicted octanol–water partition coefficient (Wildman–Crippen LogP) is 3.34. The molecule has 1 N–H and O–H groups in total. The van der Waals surface area contributed by atoms with Crippen molar-refractivity contribution in [3.05, 3.63) is 60.3 Å². The molecular formula is C21H24N6O. The first-order valence-corrected chi connectivity index (χ1v) is 9.55. The maximum atomic E-state index is 5.57. The van der Waals surface area contributed by atoms with E-state index in [-0.39, 0.29) is 1.43 Å². The first-order chi connectivity index (χ1) is 13.8. The third-order valence-electron chi connectivity index (χ3n) is 5.18. The summed E-state index contributed by atoms with van der Waals surface area (Å²) in [7, 11) is 0. The van der Waals surface area contributed by atoms with Crippen LogP contribution in [0.4, 0.5) is 5.82 Å². The van der Waals surface area contributed by atoms with Gasteiger partial charge >= 0.3 is 0 Å². The van der Waals surface area contributed by atoms with Crippen LogP contribution in [0.3, 0.4) is 0 Å². The van der Waals surface area contributed by atoms with Crippen molar-refractivity contribution in [2.75, 3.05) is 24.7 Å². The average Bonchev–Trinajstić information content (AvgIpc) is 3.37. The van der Waals surface area contributed by atoms with Crippen molar-refractivity contribution in [2.45, 2.75) is 19.5 Å². The third-order valence-corrected chi connectivity index (χ3v) is 5.18. The van der Waals surface area contributed by atoms with Gasteiger partial charge in [0, 0.05) is 14.2 Å². The summed E-state index contributed by atoms with van der Waals surface area (Å²) in [5.74, 6) is 0.961. The molecule has 5 rings (SSSR count). The highest BCUT2D eigenvalue weighted by Gasteiger charge is 2.22. The highest BCUT2D eigenvalue weighted by atomic mass is 16.5. The molecule has 0 radical (unpaired) electrons. The average molecular weight is 376 g/mol. The minimum atomic E-state index is 0. The van der Waals surface area contributed by atoms with Gasteiger partial charge in [0.1, 0.15) is 17.0 Å². The molecule has 0 saturated carbocycles. The van der Waals surface area contributed by atoms with Crippen LogP contribution in [0.15, 0.2) is 54.7 Å². The predicted molar refractivity (Wildman–Crippen MR) is 110 cm³/mol. The number of morpholine rings is 1. The molecule has 1 atom stereocenters. The molecule has 0 spiro atoms. The molecule has 1 aliphatic rings. The van der Waals surface area contributed by atoms with Gasteiger partial charge in [-0.25, -0.2) is 4.98 Å². The smallest absolute Gasteiger partial charge is 0.136 e. The molecule has 0 amide bonds. The summed E-state index contributed by atoms with van der Waals surface area (Å²) >= 11 is 0. The van der Waals surface area contributed by atoms with Crippen molar-refractivity contribution in [2.24, 2.45) is 0 Å². The number of hydrogen-bond donors (Lipinski definition) is 1. The third kappa shape index (κ3) is 3.03. The number of aromatic amines is 1. The first kappa shape index (κ1) is 16.9. The number of rotatable bonds is 4. The lowest BCUT2D eigenvalue weighted by Crippen LogP contribution is -2.44. The lowest BCUT2D eigenvalue weighted by molar-refractivity contribution is 0.0986. The van der Waals surface area contributed by atoms with E-state index in [0.29, 0.717) is 12.6 Å². The van der Waals surface area contributed by atoms with Crippen LogP contribution in [0.25, 0.3) is 22.4 Å². The summed E-state index contributed by atoms with van der Waals surface area (Å²) in [5.41, 5.74) is 4.80. The van der Waals surface area contributed by atoms with Gasteiger partial charge in [0.15, 0.2) is 0 Å². The molecule has 0 unspecified atom stereocenters. The SMILES string of the molecule is C[C@@H]1COCCN1c1ccc2c(n1)c(-c1ccn[nH]1)nn2Cc1ccccc1.[HH]. The Morgan fingerprint density at radius 2 is 2.07 bits per heavy atom. The zero-order valence-electron chi connectivity index (χ0n) is 15.7. The molecule has 144 valence electrons. The minimum absolute atomic E-state index is 0. The van der Waals surface area contributed by atoms with Crippen LogP contribution in [-0.2, 0) is 11.3 Å². The number of nitrogens with zero attached hydrogens (tertiary/aromatic N) is 5. The van der Waals surface area contributed by atoms with Crippen molar-refractivity contribution >= 4 is 16.9 Å². The molecule has 1 aromatic carbocycles. The quantitative estimate of drug-likeness (QED) is 0.591. The van der Waals surface area contributed by atoms with Crippen molar-refractivity contribution in [3.8, 4) is 11.4 Å². The van der Waals surface area contributed by atoms with E-state index in [2.05, 4.69) is 46.3 Å². The van der Waals surface area contributed by atoms with E-state index in [0.717, 1.165) is 48.0 Å². The number of aromatic nitrogens is 5. The van der Waals surface area contributed by atoms with Crippen LogP contribution in [0.5, 0.6) is 0 Å². The van der Waals surface area contributed by atoms with Gasteiger partial charge in [-0.1, -0.05) is 30.3 Å². The normalized spacial score (nSPS) is 17.3. The standard InChI is InChI=1S/C21H22N6O.H2/c1-15-14-28-12-11-26(15)19-8-7-18-21(23-19)20(17-9-10-22-24-17)25-27(18)13-16-5-3-2-4-6-16;/h2-10,15H,11-14H2,1H3,(H,22,24);1H/t15-;/m1./s1. The van der Waals surface area contributed by atoms with E-state index >= 15 is 0 Å². The number of benzene rings is 1. The van der Waals surface area contributed by atoms with Crippen LogP contribution in [0, 0.1) is 0 Å². The van der Waals surface area contributed by atoms with Crippen molar-refractivity contribution in [3.63, 3.8) is 0 Å². The summed E-state index contributed by atoms with van der Waals surface area (Å²) in [5, 5.41) is 12.0. The van der Waals surface area contributed by atoms with Crippen LogP contribution < -0.4 is 4.90 Å². The second-order valence-corrected chi connectivity index (χ2v) is 7.12. The van der Waals surface area contributed by atoms with Crippen molar-refractivity contribution < 1.29 is 6.16 Å². The van der Waals surface area contributed by atoms with Crippen LogP contribution in [0.2, 0.25) is 0 Å². The lowest BCUT2D eigenvalue weighted by atomic mass is 10.2. The molecule has 28 heavy (non-hydrogen) atoms. The second kappa shape index (κ2) is 7.09. The van der Waals surface area contributed by atoms with Crippen LogP contribution >= 0.6 is 0 Å². The molecular weight excluding hydrogens is 352 g/mol. The molecule has 7 nitrogen and oxygen atoms in total. The Hall–Kier alpha value is -3.19. The molecule has 1 saturated heterocycles. The Bertz CT molecular complexity index is 1080. The number of fused-ring (bicyclic) bond motifs is 1. The molecule has 3 aromatic heterocycles. The van der Waals surface area contributed by atoms with Gasteiger partial charge in [0.05, 0.1) is 37.0 Å². The van der Waals surface area contributed by atoms with Gasteiger partial charge in [0.2, 0.25) is 0 Å². The highest BCUT2D eigenvalue weighted by molar-refractivity contribution is 5.90. The first-order valence-electron chi connectivity index (χ1n) is 9.55. The van der Waals surface area contributed by atoms with E-state index in [4.69, 9.17) is 14.8 Å². The molecule has 0 aliphatic carbocycles. The molecule has 4 heterocycles. The van der Waals surface area contributed by atoms with Gasteiger partial charge in [-0.3, -0.25) is 9.78 Å². The van der Waals surface area contributed by atoms with Crippen LogP contribution in [0.1, 0.15) is 13.9 Å². The van der Waals surface area contributed by atoms with Crippen molar-refractivity contribution in [1.82, 2.24) is 25.0 Å². The summed E-state index contributed by atoms with van der Waals surface area (Å²) in [6.07, 6.45) is 1.74. The van der Waals surface area contributed by atoms with E-state index in [1.807, 2.05) is 28.9 Å². The molecule has 7 heteroatoms. The summed E-state index contributed by atoms with van der Waals surface area (Å²) in [6.45, 7) is 5.16. The molecule has 4 aromatic rings. The monoisotopic (exact) mass is 376 g/mol. The fourth-order valence-electron chi connectivity index (χ4n) is 3.72. The summed E-state index contributed by atoms with van der Waals surface area (Å²) in [4.78, 5) is 7.31. The van der Waals surface area contributed by atoms with E-state index in [9.17, 15) is 0 Å². The fraction of sp³-hybridized carbons (Fsp3) is 0.286. The Morgan fingerprint density at radius 1 is 1.18 bits per heavy atom. The Balaban J connectivity index is 0.00000205. The minimum Gasteiger partial charge on any atom is -0.377 e. The number of H-pyrrole nitrogens is 1. The molecule has 1 fully saturated rings. The van der Waals surface area contributed by atoms with Gasteiger partial charge in [-0.2, -0.15) is 10.2 Å². The Morgan fingerprint density at radius 3 is 2.86 bits per heavy atom. The number of anilines is 1. The maximum absolute atomic E-state index is 5.57. The van der Waals surface area contributed by atoms with E-state index in [1.165, 1.54) is 5.56 Å². The maximum Gasteiger partial charge on any atom is 0.136 e. The van der Waals surface area contributed by atoms with Gasteiger partial charge in [-0.05, 0) is 30.7 Å². The Kier molecular flexibility index (Phi) is 4.29.